The zero-order chi connectivity index (χ0) is 12.1. The van der Waals surface area contributed by atoms with E-state index in [1.165, 1.54) is 29.7 Å². The number of hydrogen-bond acceptors (Lipinski definition) is 2. The molecule has 0 radical (unpaired) electrons. The Kier molecular flexibility index (Phi) is 5.63. The minimum Gasteiger partial charge on any atom is -0.330 e. The second-order valence-corrected chi connectivity index (χ2v) is 6.03. The van der Waals surface area contributed by atoms with Crippen LogP contribution in [0, 0.1) is 5.92 Å². The van der Waals surface area contributed by atoms with Crippen molar-refractivity contribution in [1.82, 2.24) is 0 Å². The van der Waals surface area contributed by atoms with Gasteiger partial charge in [-0.25, -0.2) is 0 Å². The highest BCUT2D eigenvalue weighted by atomic mass is 32.2. The fourth-order valence-corrected chi connectivity index (χ4v) is 3.36. The molecule has 0 aromatic heterocycles. The number of thioether (sulfide) groups is 1. The Morgan fingerprint density at radius 1 is 1.44 bits per heavy atom. The molecule has 0 saturated carbocycles. The van der Waals surface area contributed by atoms with Crippen molar-refractivity contribution in [2.24, 2.45) is 11.7 Å². The first-order valence-electron chi connectivity index (χ1n) is 6.34. The summed E-state index contributed by atoms with van der Waals surface area (Å²) in [7, 11) is 0. The van der Waals surface area contributed by atoms with Crippen molar-refractivity contribution in [3.8, 4) is 0 Å². The molecule has 1 rings (SSSR count). The van der Waals surface area contributed by atoms with Gasteiger partial charge in [-0.1, -0.05) is 29.8 Å². The Hall–Kier alpha value is -0.210. The van der Waals surface area contributed by atoms with Crippen LogP contribution < -0.4 is 5.73 Å². The van der Waals surface area contributed by atoms with Gasteiger partial charge in [-0.15, -0.1) is 0 Å². The van der Waals surface area contributed by atoms with E-state index in [1.807, 2.05) is 11.8 Å². The van der Waals surface area contributed by atoms with Crippen LogP contribution >= 0.6 is 11.8 Å². The van der Waals surface area contributed by atoms with Crippen molar-refractivity contribution >= 4 is 11.8 Å². The Bertz CT molecular complexity index is 302. The van der Waals surface area contributed by atoms with E-state index in [2.05, 4.69) is 27.7 Å². The molecule has 1 nitrogen and oxygen atoms in total. The second kappa shape index (κ2) is 6.51. The predicted octanol–water partition coefficient (Wildman–Crippen LogP) is 4.46. The van der Waals surface area contributed by atoms with Crippen molar-refractivity contribution in [2.75, 3.05) is 6.54 Å². The Morgan fingerprint density at radius 2 is 2.12 bits per heavy atom. The molecule has 1 atom stereocenters. The molecule has 0 fully saturated rings. The highest BCUT2D eigenvalue weighted by Gasteiger charge is 2.19. The lowest BCUT2D eigenvalue weighted by molar-refractivity contribution is 0.516. The smallest absolute Gasteiger partial charge is 0.00112 e. The van der Waals surface area contributed by atoms with E-state index >= 15 is 0 Å². The van der Waals surface area contributed by atoms with Gasteiger partial charge < -0.3 is 5.73 Å². The monoisotopic (exact) mass is 239 g/mol. The molecular weight excluding hydrogens is 214 g/mol. The van der Waals surface area contributed by atoms with Gasteiger partial charge >= 0.3 is 0 Å². The molecule has 1 aliphatic rings. The summed E-state index contributed by atoms with van der Waals surface area (Å²) >= 11 is 1.98. The van der Waals surface area contributed by atoms with Crippen LogP contribution in [0.1, 0.15) is 53.4 Å². The summed E-state index contributed by atoms with van der Waals surface area (Å²) in [6.07, 6.45) is 4.99. The molecule has 0 aromatic carbocycles. The molecule has 2 heteroatoms. The van der Waals surface area contributed by atoms with Crippen molar-refractivity contribution in [2.45, 2.75) is 53.4 Å². The molecule has 0 bridgehead atoms. The molecular formula is C14H25NS. The van der Waals surface area contributed by atoms with Crippen molar-refractivity contribution in [3.63, 3.8) is 0 Å². The average Bonchev–Trinajstić information content (AvgIpc) is 2.30. The molecule has 0 aromatic rings. The van der Waals surface area contributed by atoms with Crippen molar-refractivity contribution in [1.29, 1.82) is 0 Å². The van der Waals surface area contributed by atoms with E-state index in [9.17, 15) is 0 Å². The summed E-state index contributed by atoms with van der Waals surface area (Å²) in [5, 5.41) is 0. The summed E-state index contributed by atoms with van der Waals surface area (Å²) in [6, 6.07) is 0. The third kappa shape index (κ3) is 3.39. The first kappa shape index (κ1) is 13.9. The van der Waals surface area contributed by atoms with Crippen LogP contribution in [-0.2, 0) is 0 Å². The normalized spacial score (nSPS) is 23.4. The van der Waals surface area contributed by atoms with Gasteiger partial charge in [0.15, 0.2) is 0 Å². The third-order valence-electron chi connectivity index (χ3n) is 3.70. The van der Waals surface area contributed by atoms with Crippen LogP contribution in [0.15, 0.2) is 21.0 Å². The van der Waals surface area contributed by atoms with Crippen LogP contribution in [0.25, 0.3) is 0 Å². The lowest BCUT2D eigenvalue weighted by Gasteiger charge is -2.25. The Morgan fingerprint density at radius 3 is 2.69 bits per heavy atom. The first-order chi connectivity index (χ1) is 7.60. The summed E-state index contributed by atoms with van der Waals surface area (Å²) in [6.45, 7) is 9.79. The Labute approximate surface area is 105 Å². The lowest BCUT2D eigenvalue weighted by Crippen LogP contribution is -2.19. The zero-order valence-electron chi connectivity index (χ0n) is 11.1. The number of allylic oxidation sites excluding steroid dienone is 3. The minimum absolute atomic E-state index is 0.631. The summed E-state index contributed by atoms with van der Waals surface area (Å²) < 4.78 is 0. The van der Waals surface area contributed by atoms with Gasteiger partial charge in [0, 0.05) is 0 Å². The van der Waals surface area contributed by atoms with E-state index in [-0.39, 0.29) is 0 Å². The van der Waals surface area contributed by atoms with Gasteiger partial charge in [-0.3, -0.25) is 0 Å². The summed E-state index contributed by atoms with van der Waals surface area (Å²) in [5.41, 5.74) is 8.87. The number of nitrogens with two attached hydrogens (primary N) is 1. The van der Waals surface area contributed by atoms with Crippen LogP contribution in [0.2, 0.25) is 0 Å². The number of hydrogen-bond donors (Lipinski definition) is 1. The average molecular weight is 239 g/mol. The van der Waals surface area contributed by atoms with E-state index in [0.29, 0.717) is 5.92 Å². The van der Waals surface area contributed by atoms with Crippen LogP contribution in [0.3, 0.4) is 0 Å². The second-order valence-electron chi connectivity index (χ2n) is 4.72. The molecule has 0 spiro atoms. The van der Waals surface area contributed by atoms with Crippen molar-refractivity contribution < 1.29 is 0 Å². The lowest BCUT2D eigenvalue weighted by atomic mass is 9.89. The largest absolute Gasteiger partial charge is 0.330 e. The molecule has 2 N–H and O–H groups in total. The predicted molar refractivity (Wildman–Crippen MR) is 75.4 cm³/mol. The molecule has 1 unspecified atom stereocenters. The summed E-state index contributed by atoms with van der Waals surface area (Å²) in [4.78, 5) is 3.06. The van der Waals surface area contributed by atoms with Gasteiger partial charge in [-0.2, -0.15) is 0 Å². The maximum absolute atomic E-state index is 5.82. The van der Waals surface area contributed by atoms with E-state index in [1.54, 1.807) is 10.5 Å². The quantitative estimate of drug-likeness (QED) is 0.784. The maximum atomic E-state index is 5.82. The fourth-order valence-electron chi connectivity index (χ4n) is 2.10. The van der Waals surface area contributed by atoms with Gasteiger partial charge in [0.1, 0.15) is 0 Å². The van der Waals surface area contributed by atoms with Crippen LogP contribution in [0.5, 0.6) is 0 Å². The standard InChI is InChI=1S/C14H25NS/c1-5-10(2)12(4)16-14-8-6-7-13(9-15)11(14)3/h13H,5-9,15H2,1-4H3/b12-10-. The zero-order valence-corrected chi connectivity index (χ0v) is 11.9. The molecule has 0 heterocycles. The number of rotatable bonds is 4. The molecule has 92 valence electrons. The minimum atomic E-state index is 0.631. The SMILES string of the molecule is CC/C(C)=C(/C)SC1=C(C)C(CN)CCC1. The Balaban J connectivity index is 2.80. The fraction of sp³-hybridized carbons (Fsp3) is 0.714. The van der Waals surface area contributed by atoms with Crippen molar-refractivity contribution in [3.05, 3.63) is 21.0 Å². The van der Waals surface area contributed by atoms with E-state index < -0.39 is 0 Å². The van der Waals surface area contributed by atoms with Gasteiger partial charge in [-0.05, 0) is 68.7 Å². The molecule has 0 aliphatic heterocycles. The van der Waals surface area contributed by atoms with Crippen LogP contribution in [-0.4, -0.2) is 6.54 Å². The van der Waals surface area contributed by atoms with Gasteiger partial charge in [0.25, 0.3) is 0 Å². The van der Waals surface area contributed by atoms with E-state index in [4.69, 9.17) is 5.73 Å². The highest BCUT2D eigenvalue weighted by molar-refractivity contribution is 8.06. The molecule has 16 heavy (non-hydrogen) atoms. The summed E-state index contributed by atoms with van der Waals surface area (Å²) in [5.74, 6) is 0.631. The third-order valence-corrected chi connectivity index (χ3v) is 5.13. The van der Waals surface area contributed by atoms with E-state index in [0.717, 1.165) is 13.0 Å². The molecule has 0 saturated heterocycles. The maximum Gasteiger partial charge on any atom is -0.00112 e. The highest BCUT2D eigenvalue weighted by Crippen LogP contribution is 2.40. The molecule has 0 amide bonds. The molecule has 1 aliphatic carbocycles. The first-order valence-corrected chi connectivity index (χ1v) is 7.15. The van der Waals surface area contributed by atoms with Crippen LogP contribution in [0.4, 0.5) is 0 Å². The van der Waals surface area contributed by atoms with Gasteiger partial charge in [0.2, 0.25) is 0 Å². The topological polar surface area (TPSA) is 26.0 Å². The van der Waals surface area contributed by atoms with Gasteiger partial charge in [0.05, 0.1) is 0 Å².